The first kappa shape index (κ1) is 18.9. The second-order valence-electron chi connectivity index (χ2n) is 5.89. The number of nitrogens with zero attached hydrogens (tertiary/aromatic N) is 3. The predicted molar refractivity (Wildman–Crippen MR) is 101 cm³/mol. The van der Waals surface area contributed by atoms with Crippen molar-refractivity contribution in [3.05, 3.63) is 76.8 Å². The number of aliphatic hydroxyl groups is 1. The predicted octanol–water partition coefficient (Wildman–Crippen LogP) is 2.60. The molecule has 7 nitrogen and oxygen atoms in total. The molecule has 1 amide bonds. The summed E-state index contributed by atoms with van der Waals surface area (Å²) < 4.78 is 6.53. The minimum absolute atomic E-state index is 0.0471. The quantitative estimate of drug-likeness (QED) is 0.651. The van der Waals surface area contributed by atoms with Gasteiger partial charge in [0.2, 0.25) is 5.82 Å². The zero-order valence-corrected chi connectivity index (χ0v) is 15.4. The van der Waals surface area contributed by atoms with Crippen molar-refractivity contribution in [3.8, 4) is 5.75 Å². The van der Waals surface area contributed by atoms with E-state index in [1.807, 2.05) is 12.1 Å². The highest BCUT2D eigenvalue weighted by Gasteiger charge is 2.14. The molecule has 0 aliphatic rings. The molecule has 8 heteroatoms. The molecular formula is C19H19ClN4O3. The fourth-order valence-electron chi connectivity index (χ4n) is 2.46. The Morgan fingerprint density at radius 1 is 1.22 bits per heavy atom. The third-order valence-electron chi connectivity index (χ3n) is 3.97. The summed E-state index contributed by atoms with van der Waals surface area (Å²) in [5.41, 5.74) is 1.64. The molecule has 0 aliphatic heterocycles. The topological polar surface area (TPSA) is 89.3 Å². The van der Waals surface area contributed by atoms with E-state index in [2.05, 4.69) is 15.4 Å². The third-order valence-corrected chi connectivity index (χ3v) is 4.22. The number of amides is 1. The van der Waals surface area contributed by atoms with E-state index in [1.54, 1.807) is 43.5 Å². The summed E-state index contributed by atoms with van der Waals surface area (Å²) in [5.74, 6) is 0.375. The zero-order chi connectivity index (χ0) is 19.2. The molecule has 27 heavy (non-hydrogen) atoms. The Balaban J connectivity index is 1.56. The summed E-state index contributed by atoms with van der Waals surface area (Å²) in [6.45, 7) is 0.531. The van der Waals surface area contributed by atoms with Crippen molar-refractivity contribution < 1.29 is 14.6 Å². The van der Waals surface area contributed by atoms with Gasteiger partial charge in [-0.3, -0.25) is 4.79 Å². The molecule has 1 heterocycles. The number of ether oxygens (including phenoxy) is 1. The van der Waals surface area contributed by atoms with Crippen LogP contribution in [0, 0.1) is 0 Å². The number of carbonyl (C=O) groups is 1. The van der Waals surface area contributed by atoms with Crippen molar-refractivity contribution in [3.63, 3.8) is 0 Å². The SMILES string of the molecule is COc1ccc([C@@H](O)Cn2cnc(C(=O)NCc3ccc(Cl)cc3)n2)cc1. The Morgan fingerprint density at radius 2 is 1.93 bits per heavy atom. The number of benzene rings is 2. The summed E-state index contributed by atoms with van der Waals surface area (Å²) in [4.78, 5) is 16.2. The van der Waals surface area contributed by atoms with Crippen LogP contribution >= 0.6 is 11.6 Å². The molecule has 2 N–H and O–H groups in total. The summed E-state index contributed by atoms with van der Waals surface area (Å²) in [6.07, 6.45) is 0.645. The molecule has 2 aromatic carbocycles. The van der Waals surface area contributed by atoms with E-state index in [-0.39, 0.29) is 18.3 Å². The van der Waals surface area contributed by atoms with Gasteiger partial charge in [0.1, 0.15) is 12.1 Å². The number of carbonyl (C=O) groups excluding carboxylic acids is 1. The molecule has 3 aromatic rings. The van der Waals surface area contributed by atoms with Gasteiger partial charge in [-0.25, -0.2) is 9.67 Å². The number of hydrogen-bond acceptors (Lipinski definition) is 5. The maximum Gasteiger partial charge on any atom is 0.291 e. The number of aliphatic hydroxyl groups excluding tert-OH is 1. The van der Waals surface area contributed by atoms with E-state index in [9.17, 15) is 9.90 Å². The van der Waals surface area contributed by atoms with Gasteiger partial charge in [-0.15, -0.1) is 5.10 Å². The van der Waals surface area contributed by atoms with Crippen LogP contribution in [0.1, 0.15) is 27.8 Å². The smallest absolute Gasteiger partial charge is 0.291 e. The van der Waals surface area contributed by atoms with Crippen molar-refractivity contribution in [2.45, 2.75) is 19.2 Å². The molecular weight excluding hydrogens is 368 g/mol. The Bertz CT molecular complexity index is 894. The third kappa shape index (κ3) is 5.06. The summed E-state index contributed by atoms with van der Waals surface area (Å²) in [7, 11) is 1.58. The van der Waals surface area contributed by atoms with Crippen LogP contribution in [0.5, 0.6) is 5.75 Å². The van der Waals surface area contributed by atoms with E-state index in [1.165, 1.54) is 11.0 Å². The van der Waals surface area contributed by atoms with Gasteiger partial charge in [-0.05, 0) is 35.4 Å². The number of aromatic nitrogens is 3. The number of methoxy groups -OCH3 is 1. The van der Waals surface area contributed by atoms with E-state index in [4.69, 9.17) is 16.3 Å². The average Bonchev–Trinajstić information content (AvgIpc) is 3.16. The highest BCUT2D eigenvalue weighted by molar-refractivity contribution is 6.30. The molecule has 1 atom stereocenters. The van der Waals surface area contributed by atoms with E-state index >= 15 is 0 Å². The monoisotopic (exact) mass is 386 g/mol. The van der Waals surface area contributed by atoms with Gasteiger partial charge in [-0.1, -0.05) is 35.9 Å². The van der Waals surface area contributed by atoms with Crippen LogP contribution in [0.25, 0.3) is 0 Å². The zero-order valence-electron chi connectivity index (χ0n) is 14.7. The van der Waals surface area contributed by atoms with Crippen LogP contribution in [0.4, 0.5) is 0 Å². The highest BCUT2D eigenvalue weighted by atomic mass is 35.5. The first-order valence-electron chi connectivity index (χ1n) is 8.29. The number of hydrogen-bond donors (Lipinski definition) is 2. The van der Waals surface area contributed by atoms with Crippen LogP contribution in [-0.4, -0.2) is 32.9 Å². The Kier molecular flexibility index (Phi) is 6.05. The van der Waals surface area contributed by atoms with Gasteiger partial charge in [0, 0.05) is 11.6 Å². The lowest BCUT2D eigenvalue weighted by atomic mass is 10.1. The Labute approximate surface area is 161 Å². The van der Waals surface area contributed by atoms with Crippen LogP contribution in [0.3, 0.4) is 0 Å². The Morgan fingerprint density at radius 3 is 2.59 bits per heavy atom. The van der Waals surface area contributed by atoms with E-state index < -0.39 is 6.10 Å². The summed E-state index contributed by atoms with van der Waals surface area (Å²) in [6, 6.07) is 14.3. The van der Waals surface area contributed by atoms with Crippen molar-refractivity contribution in [2.75, 3.05) is 7.11 Å². The molecule has 0 bridgehead atoms. The maximum absolute atomic E-state index is 12.2. The second kappa shape index (κ2) is 8.66. The summed E-state index contributed by atoms with van der Waals surface area (Å²) >= 11 is 5.84. The lowest BCUT2D eigenvalue weighted by molar-refractivity contribution is 0.0938. The van der Waals surface area contributed by atoms with Gasteiger partial charge in [0.25, 0.3) is 5.91 Å². The number of rotatable bonds is 7. The van der Waals surface area contributed by atoms with Crippen LogP contribution in [0.2, 0.25) is 5.02 Å². The first-order valence-corrected chi connectivity index (χ1v) is 8.67. The van der Waals surface area contributed by atoms with Crippen molar-refractivity contribution in [2.24, 2.45) is 0 Å². The molecule has 0 spiro atoms. The summed E-state index contributed by atoms with van der Waals surface area (Å²) in [5, 5.41) is 17.8. The van der Waals surface area contributed by atoms with Crippen LogP contribution < -0.4 is 10.1 Å². The first-order chi connectivity index (χ1) is 13.0. The minimum Gasteiger partial charge on any atom is -0.497 e. The fraction of sp³-hybridized carbons (Fsp3) is 0.211. The molecule has 1 aromatic heterocycles. The molecule has 0 saturated heterocycles. The lowest BCUT2D eigenvalue weighted by Gasteiger charge is -2.11. The number of nitrogens with one attached hydrogen (secondary N) is 1. The Hall–Kier alpha value is -2.90. The molecule has 3 rings (SSSR count). The normalized spacial score (nSPS) is 11.8. The fourth-order valence-corrected chi connectivity index (χ4v) is 2.58. The second-order valence-corrected chi connectivity index (χ2v) is 6.32. The highest BCUT2D eigenvalue weighted by Crippen LogP contribution is 2.18. The molecule has 0 aliphatic carbocycles. The van der Waals surface area contributed by atoms with Crippen LogP contribution in [-0.2, 0) is 13.1 Å². The van der Waals surface area contributed by atoms with Gasteiger partial charge < -0.3 is 15.2 Å². The van der Waals surface area contributed by atoms with Crippen molar-refractivity contribution in [1.29, 1.82) is 0 Å². The minimum atomic E-state index is -0.775. The standard InChI is InChI=1S/C19H19ClN4O3/c1-27-16-8-4-14(5-9-16)17(25)11-24-12-22-18(23-24)19(26)21-10-13-2-6-15(20)7-3-13/h2-9,12,17,25H,10-11H2,1H3,(H,21,26)/t17-/m0/s1. The van der Waals surface area contributed by atoms with Gasteiger partial charge in [-0.2, -0.15) is 0 Å². The van der Waals surface area contributed by atoms with Gasteiger partial charge >= 0.3 is 0 Å². The van der Waals surface area contributed by atoms with Crippen molar-refractivity contribution in [1.82, 2.24) is 20.1 Å². The van der Waals surface area contributed by atoms with Crippen LogP contribution in [0.15, 0.2) is 54.9 Å². The largest absolute Gasteiger partial charge is 0.497 e. The molecule has 0 radical (unpaired) electrons. The van der Waals surface area contributed by atoms with E-state index in [0.717, 1.165) is 11.1 Å². The molecule has 0 fully saturated rings. The maximum atomic E-state index is 12.2. The lowest BCUT2D eigenvalue weighted by Crippen LogP contribution is -2.24. The van der Waals surface area contributed by atoms with Gasteiger partial charge in [0.05, 0.1) is 19.8 Å². The molecule has 0 unspecified atom stereocenters. The average molecular weight is 387 g/mol. The van der Waals surface area contributed by atoms with Gasteiger partial charge in [0.15, 0.2) is 0 Å². The molecule has 0 saturated carbocycles. The van der Waals surface area contributed by atoms with E-state index in [0.29, 0.717) is 17.3 Å². The number of halogens is 1. The van der Waals surface area contributed by atoms with Crippen molar-refractivity contribution >= 4 is 17.5 Å². The molecule has 140 valence electrons.